The van der Waals surface area contributed by atoms with Gasteiger partial charge in [0, 0.05) is 11.4 Å². The Morgan fingerprint density at radius 1 is 1.10 bits per heavy atom. The molecular formula is C15H9ClF4O. The van der Waals surface area contributed by atoms with Gasteiger partial charge in [-0.25, -0.2) is 4.39 Å². The van der Waals surface area contributed by atoms with E-state index in [9.17, 15) is 22.4 Å². The SMILES string of the molecule is O=C(Cc1cccc(C(F)(F)F)c1)c1ccc(Cl)cc1F. The third-order valence-corrected chi connectivity index (χ3v) is 3.09. The predicted molar refractivity (Wildman–Crippen MR) is 70.9 cm³/mol. The number of carbonyl (C=O) groups excluding carboxylic acids is 1. The molecule has 2 aromatic carbocycles. The van der Waals surface area contributed by atoms with Gasteiger partial charge in [0.15, 0.2) is 5.78 Å². The highest BCUT2D eigenvalue weighted by Crippen LogP contribution is 2.29. The fourth-order valence-corrected chi connectivity index (χ4v) is 2.01. The second-order valence-corrected chi connectivity index (χ2v) is 4.86. The quantitative estimate of drug-likeness (QED) is 0.580. The molecule has 1 nitrogen and oxygen atoms in total. The number of Topliss-reactive ketones (excluding diaryl/α,β-unsaturated/α-hetero) is 1. The summed E-state index contributed by atoms with van der Waals surface area (Å²) in [6, 6.07) is 7.95. The van der Waals surface area contributed by atoms with Crippen molar-refractivity contribution in [3.05, 3.63) is 70.0 Å². The van der Waals surface area contributed by atoms with E-state index in [1.165, 1.54) is 24.3 Å². The molecule has 6 heteroatoms. The van der Waals surface area contributed by atoms with E-state index in [1.807, 2.05) is 0 Å². The molecule has 0 N–H and O–H groups in total. The van der Waals surface area contributed by atoms with Gasteiger partial charge in [0.05, 0.1) is 11.1 Å². The zero-order valence-electron chi connectivity index (χ0n) is 10.5. The highest BCUT2D eigenvalue weighted by atomic mass is 35.5. The van der Waals surface area contributed by atoms with Gasteiger partial charge in [-0.3, -0.25) is 4.79 Å². The second kappa shape index (κ2) is 5.85. The molecule has 0 aliphatic heterocycles. The molecular weight excluding hydrogens is 308 g/mol. The fraction of sp³-hybridized carbons (Fsp3) is 0.133. The molecule has 0 amide bonds. The van der Waals surface area contributed by atoms with Gasteiger partial charge in [0.1, 0.15) is 5.82 Å². The van der Waals surface area contributed by atoms with Crippen molar-refractivity contribution in [2.45, 2.75) is 12.6 Å². The van der Waals surface area contributed by atoms with Gasteiger partial charge < -0.3 is 0 Å². The lowest BCUT2D eigenvalue weighted by Crippen LogP contribution is -2.09. The maximum Gasteiger partial charge on any atom is 0.416 e. The van der Waals surface area contributed by atoms with Crippen LogP contribution in [0.1, 0.15) is 21.5 Å². The van der Waals surface area contributed by atoms with Crippen LogP contribution in [0.15, 0.2) is 42.5 Å². The first-order valence-electron chi connectivity index (χ1n) is 5.92. The molecule has 0 heterocycles. The van der Waals surface area contributed by atoms with Crippen LogP contribution in [-0.2, 0) is 12.6 Å². The summed E-state index contributed by atoms with van der Waals surface area (Å²) in [5, 5.41) is 0.142. The Morgan fingerprint density at radius 3 is 2.43 bits per heavy atom. The minimum atomic E-state index is -4.48. The molecule has 21 heavy (non-hydrogen) atoms. The standard InChI is InChI=1S/C15H9ClF4O/c16-11-4-5-12(13(17)8-11)14(21)7-9-2-1-3-10(6-9)15(18,19)20/h1-6,8H,7H2. The topological polar surface area (TPSA) is 17.1 Å². The highest BCUT2D eigenvalue weighted by Gasteiger charge is 2.30. The Labute approximate surface area is 123 Å². The molecule has 0 fully saturated rings. The van der Waals surface area contributed by atoms with Gasteiger partial charge in [-0.15, -0.1) is 0 Å². The van der Waals surface area contributed by atoms with Crippen LogP contribution < -0.4 is 0 Å². The third-order valence-electron chi connectivity index (χ3n) is 2.85. The minimum Gasteiger partial charge on any atom is -0.294 e. The number of benzene rings is 2. The molecule has 0 bridgehead atoms. The molecule has 2 aromatic rings. The number of alkyl halides is 3. The van der Waals surface area contributed by atoms with Crippen molar-refractivity contribution in [3.8, 4) is 0 Å². The summed E-state index contributed by atoms with van der Waals surface area (Å²) in [5.41, 5.74) is -0.870. The number of hydrogen-bond acceptors (Lipinski definition) is 1. The molecule has 0 radical (unpaired) electrons. The minimum absolute atomic E-state index is 0.142. The average molecular weight is 317 g/mol. The predicted octanol–water partition coefficient (Wildman–Crippen LogP) is 4.92. The Hall–Kier alpha value is -1.88. The molecule has 0 atom stereocenters. The smallest absolute Gasteiger partial charge is 0.294 e. The summed E-state index contributed by atoms with van der Waals surface area (Å²) in [5.74, 6) is -1.40. The fourth-order valence-electron chi connectivity index (χ4n) is 1.85. The van der Waals surface area contributed by atoms with Crippen LogP contribution in [0, 0.1) is 5.82 Å². The molecule has 0 saturated carbocycles. The van der Waals surface area contributed by atoms with Gasteiger partial charge in [0.2, 0.25) is 0 Å². The Bertz CT molecular complexity index is 680. The van der Waals surface area contributed by atoms with E-state index in [2.05, 4.69) is 0 Å². The normalized spacial score (nSPS) is 11.5. The maximum absolute atomic E-state index is 13.6. The third kappa shape index (κ3) is 3.82. The molecule has 0 spiro atoms. The summed E-state index contributed by atoms with van der Waals surface area (Å²) >= 11 is 5.58. The van der Waals surface area contributed by atoms with E-state index < -0.39 is 23.3 Å². The van der Waals surface area contributed by atoms with Crippen molar-refractivity contribution in [1.82, 2.24) is 0 Å². The van der Waals surface area contributed by atoms with E-state index in [0.717, 1.165) is 18.2 Å². The molecule has 0 aliphatic carbocycles. The van der Waals surface area contributed by atoms with Crippen LogP contribution in [0.3, 0.4) is 0 Å². The molecule has 2 rings (SSSR count). The van der Waals surface area contributed by atoms with Crippen molar-refractivity contribution < 1.29 is 22.4 Å². The van der Waals surface area contributed by atoms with Crippen molar-refractivity contribution in [3.63, 3.8) is 0 Å². The van der Waals surface area contributed by atoms with Crippen LogP contribution in [-0.4, -0.2) is 5.78 Å². The maximum atomic E-state index is 13.6. The van der Waals surface area contributed by atoms with Gasteiger partial charge in [-0.2, -0.15) is 13.2 Å². The lowest BCUT2D eigenvalue weighted by molar-refractivity contribution is -0.137. The molecule has 0 aliphatic rings. The Morgan fingerprint density at radius 2 is 1.81 bits per heavy atom. The number of rotatable bonds is 3. The van der Waals surface area contributed by atoms with Crippen LogP contribution in [0.4, 0.5) is 17.6 Å². The Balaban J connectivity index is 2.24. The van der Waals surface area contributed by atoms with Crippen molar-refractivity contribution in [2.24, 2.45) is 0 Å². The molecule has 0 saturated heterocycles. The first-order chi connectivity index (χ1) is 9.77. The summed E-state index contributed by atoms with van der Waals surface area (Å²) in [6.45, 7) is 0. The van der Waals surface area contributed by atoms with E-state index in [0.29, 0.717) is 0 Å². The zero-order valence-corrected chi connectivity index (χ0v) is 11.3. The van der Waals surface area contributed by atoms with Crippen LogP contribution >= 0.6 is 11.6 Å². The lowest BCUT2D eigenvalue weighted by atomic mass is 10.0. The van der Waals surface area contributed by atoms with E-state index >= 15 is 0 Å². The number of hydrogen-bond donors (Lipinski definition) is 0. The van der Waals surface area contributed by atoms with Crippen LogP contribution in [0.2, 0.25) is 5.02 Å². The van der Waals surface area contributed by atoms with Gasteiger partial charge in [-0.1, -0.05) is 29.8 Å². The van der Waals surface area contributed by atoms with Crippen molar-refractivity contribution in [1.29, 1.82) is 0 Å². The number of halogens is 5. The summed E-state index contributed by atoms with van der Waals surface area (Å²) < 4.78 is 51.3. The molecule has 110 valence electrons. The molecule has 0 aromatic heterocycles. The Kier molecular flexibility index (Phi) is 4.32. The highest BCUT2D eigenvalue weighted by molar-refractivity contribution is 6.30. The van der Waals surface area contributed by atoms with E-state index in [-0.39, 0.29) is 22.6 Å². The van der Waals surface area contributed by atoms with Crippen molar-refractivity contribution >= 4 is 17.4 Å². The first kappa shape index (κ1) is 15.5. The average Bonchev–Trinajstić information content (AvgIpc) is 2.37. The number of ketones is 1. The summed E-state index contributed by atoms with van der Waals surface area (Å²) in [7, 11) is 0. The van der Waals surface area contributed by atoms with Crippen molar-refractivity contribution in [2.75, 3.05) is 0 Å². The second-order valence-electron chi connectivity index (χ2n) is 4.42. The van der Waals surface area contributed by atoms with Crippen LogP contribution in [0.25, 0.3) is 0 Å². The van der Waals surface area contributed by atoms with Gasteiger partial charge in [0.25, 0.3) is 0 Å². The van der Waals surface area contributed by atoms with Gasteiger partial charge >= 0.3 is 6.18 Å². The zero-order chi connectivity index (χ0) is 15.6. The van der Waals surface area contributed by atoms with Crippen LogP contribution in [0.5, 0.6) is 0 Å². The lowest BCUT2D eigenvalue weighted by Gasteiger charge is -2.08. The van der Waals surface area contributed by atoms with Gasteiger partial charge in [-0.05, 0) is 29.8 Å². The van der Waals surface area contributed by atoms with E-state index in [1.54, 1.807) is 0 Å². The summed E-state index contributed by atoms with van der Waals surface area (Å²) in [6.07, 6.45) is -4.80. The summed E-state index contributed by atoms with van der Waals surface area (Å²) in [4.78, 5) is 11.9. The first-order valence-corrected chi connectivity index (χ1v) is 6.29. The van der Waals surface area contributed by atoms with E-state index in [4.69, 9.17) is 11.6 Å². The largest absolute Gasteiger partial charge is 0.416 e. The monoisotopic (exact) mass is 316 g/mol. The number of carbonyl (C=O) groups is 1. The molecule has 0 unspecified atom stereocenters.